The molecule has 0 aliphatic heterocycles. The van der Waals surface area contributed by atoms with E-state index in [-0.39, 0.29) is 11.4 Å². The molecule has 0 atom stereocenters. The van der Waals surface area contributed by atoms with Gasteiger partial charge in [0.05, 0.1) is 4.53 Å². The summed E-state index contributed by atoms with van der Waals surface area (Å²) in [6.07, 6.45) is 1.51. The standard InChI is InChI=1S/C17H9ClFN3OS/c18-12-6-3-5-11(8-12)15-20-17-22(21-15)16(23)14(24-17)9-10-4-1-2-7-13(10)19/h1-9H. The maximum absolute atomic E-state index is 13.7. The van der Waals surface area contributed by atoms with Gasteiger partial charge in [-0.3, -0.25) is 4.79 Å². The Balaban J connectivity index is 1.85. The van der Waals surface area contributed by atoms with Crippen molar-refractivity contribution in [3.63, 3.8) is 0 Å². The van der Waals surface area contributed by atoms with Crippen LogP contribution in [0, 0.1) is 5.82 Å². The lowest BCUT2D eigenvalue weighted by Crippen LogP contribution is -2.23. The molecule has 0 aliphatic rings. The van der Waals surface area contributed by atoms with Crippen LogP contribution in [0.3, 0.4) is 0 Å². The van der Waals surface area contributed by atoms with E-state index >= 15 is 0 Å². The number of nitrogens with zero attached hydrogens (tertiary/aromatic N) is 3. The minimum atomic E-state index is -0.379. The molecule has 0 radical (unpaired) electrons. The molecule has 0 bridgehead atoms. The van der Waals surface area contributed by atoms with Crippen molar-refractivity contribution in [2.75, 3.05) is 0 Å². The van der Waals surface area contributed by atoms with Gasteiger partial charge in [-0.2, -0.15) is 9.50 Å². The number of rotatable bonds is 2. The fourth-order valence-corrected chi connectivity index (χ4v) is 3.41. The van der Waals surface area contributed by atoms with Gasteiger partial charge in [-0.05, 0) is 24.3 Å². The quantitative estimate of drug-likeness (QED) is 0.553. The third-order valence-corrected chi connectivity index (χ3v) is 4.65. The molecule has 24 heavy (non-hydrogen) atoms. The number of aromatic nitrogens is 3. The summed E-state index contributed by atoms with van der Waals surface area (Å²) in [6.45, 7) is 0. The predicted molar refractivity (Wildman–Crippen MR) is 92.8 cm³/mol. The number of benzene rings is 2. The summed E-state index contributed by atoms with van der Waals surface area (Å²) < 4.78 is 15.3. The molecule has 0 saturated carbocycles. The molecule has 0 saturated heterocycles. The zero-order valence-electron chi connectivity index (χ0n) is 12.1. The zero-order chi connectivity index (χ0) is 16.7. The Labute approximate surface area is 144 Å². The summed E-state index contributed by atoms with van der Waals surface area (Å²) in [5.74, 6) is 0.0498. The fraction of sp³-hybridized carbons (Fsp3) is 0. The molecule has 0 aliphatic carbocycles. The van der Waals surface area contributed by atoms with E-state index in [2.05, 4.69) is 10.1 Å². The van der Waals surface area contributed by atoms with Gasteiger partial charge in [-0.25, -0.2) is 4.39 Å². The first kappa shape index (κ1) is 15.0. The second-order valence-electron chi connectivity index (χ2n) is 5.08. The molecule has 4 nitrogen and oxygen atoms in total. The van der Waals surface area contributed by atoms with Crippen LogP contribution in [-0.2, 0) is 0 Å². The van der Waals surface area contributed by atoms with Crippen LogP contribution in [0.2, 0.25) is 5.02 Å². The second-order valence-corrected chi connectivity index (χ2v) is 6.52. The van der Waals surface area contributed by atoms with Crippen LogP contribution in [0.25, 0.3) is 22.4 Å². The summed E-state index contributed by atoms with van der Waals surface area (Å²) in [5, 5.41) is 4.81. The second kappa shape index (κ2) is 5.81. The highest BCUT2D eigenvalue weighted by molar-refractivity contribution is 7.15. The van der Waals surface area contributed by atoms with Crippen LogP contribution in [0.4, 0.5) is 4.39 Å². The van der Waals surface area contributed by atoms with Crippen molar-refractivity contribution < 1.29 is 4.39 Å². The van der Waals surface area contributed by atoms with E-state index in [1.54, 1.807) is 36.4 Å². The Hall–Kier alpha value is -2.57. The highest BCUT2D eigenvalue weighted by atomic mass is 35.5. The molecule has 4 aromatic rings. The van der Waals surface area contributed by atoms with E-state index in [9.17, 15) is 9.18 Å². The Morgan fingerprint density at radius 2 is 2.00 bits per heavy atom. The van der Waals surface area contributed by atoms with E-state index in [1.165, 1.54) is 28.0 Å². The smallest absolute Gasteiger partial charge is 0.266 e. The average molecular weight is 358 g/mol. The minimum absolute atomic E-state index is 0.320. The van der Waals surface area contributed by atoms with Crippen LogP contribution in [0.5, 0.6) is 0 Å². The maximum atomic E-state index is 13.7. The van der Waals surface area contributed by atoms with Crippen LogP contribution >= 0.6 is 22.9 Å². The lowest BCUT2D eigenvalue weighted by Gasteiger charge is -1.94. The summed E-state index contributed by atoms with van der Waals surface area (Å²) in [6, 6.07) is 13.4. The zero-order valence-corrected chi connectivity index (χ0v) is 13.7. The molecule has 0 spiro atoms. The number of hydrogen-bond donors (Lipinski definition) is 0. The van der Waals surface area contributed by atoms with E-state index in [0.717, 1.165) is 5.56 Å². The fourth-order valence-electron chi connectivity index (χ4n) is 2.32. The summed E-state index contributed by atoms with van der Waals surface area (Å²) >= 11 is 7.14. The average Bonchev–Trinajstić information content (AvgIpc) is 3.10. The van der Waals surface area contributed by atoms with Crippen LogP contribution in [-0.4, -0.2) is 14.6 Å². The highest BCUT2D eigenvalue weighted by Gasteiger charge is 2.12. The van der Waals surface area contributed by atoms with E-state index in [4.69, 9.17) is 11.6 Å². The topological polar surface area (TPSA) is 47.3 Å². The van der Waals surface area contributed by atoms with Crippen molar-refractivity contribution in [1.82, 2.24) is 14.6 Å². The third-order valence-electron chi connectivity index (χ3n) is 3.46. The number of thiazole rings is 1. The highest BCUT2D eigenvalue weighted by Crippen LogP contribution is 2.20. The summed E-state index contributed by atoms with van der Waals surface area (Å²) in [4.78, 5) is 17.3. The normalized spacial score (nSPS) is 12.2. The molecule has 4 rings (SSSR count). The van der Waals surface area contributed by atoms with Gasteiger partial charge >= 0.3 is 0 Å². The first-order valence-corrected chi connectivity index (χ1v) is 8.23. The van der Waals surface area contributed by atoms with Crippen molar-refractivity contribution >= 4 is 34.0 Å². The lowest BCUT2D eigenvalue weighted by molar-refractivity contribution is 0.625. The van der Waals surface area contributed by atoms with Crippen LogP contribution < -0.4 is 10.1 Å². The van der Waals surface area contributed by atoms with Gasteiger partial charge in [0.1, 0.15) is 5.82 Å². The molecule has 2 heterocycles. The number of halogens is 2. The van der Waals surface area contributed by atoms with Crippen molar-refractivity contribution in [2.24, 2.45) is 0 Å². The lowest BCUT2D eigenvalue weighted by atomic mass is 10.2. The first-order valence-electron chi connectivity index (χ1n) is 7.03. The molecular formula is C17H9ClFN3OS. The number of fused-ring (bicyclic) bond motifs is 1. The molecule has 0 N–H and O–H groups in total. The number of hydrogen-bond acceptors (Lipinski definition) is 4. The Bertz CT molecular complexity index is 1170. The third kappa shape index (κ3) is 2.60. The van der Waals surface area contributed by atoms with Crippen molar-refractivity contribution in [2.45, 2.75) is 0 Å². The molecule has 0 fully saturated rings. The molecule has 2 aromatic heterocycles. The molecule has 2 aromatic carbocycles. The largest absolute Gasteiger partial charge is 0.291 e. The van der Waals surface area contributed by atoms with Gasteiger partial charge in [0.15, 0.2) is 5.82 Å². The van der Waals surface area contributed by atoms with Crippen LogP contribution in [0.1, 0.15) is 5.56 Å². The van der Waals surface area contributed by atoms with E-state index < -0.39 is 0 Å². The monoisotopic (exact) mass is 357 g/mol. The first-order chi connectivity index (χ1) is 11.6. The SMILES string of the molecule is O=c1c(=Cc2ccccc2F)sc2nc(-c3cccc(Cl)c3)nn12. The molecule has 0 unspecified atom stereocenters. The molecule has 0 amide bonds. The summed E-state index contributed by atoms with van der Waals surface area (Å²) in [5.41, 5.74) is 0.769. The molecular weight excluding hydrogens is 349 g/mol. The predicted octanol–water partition coefficient (Wildman–Crippen LogP) is 3.16. The Kier molecular flexibility index (Phi) is 3.63. The van der Waals surface area contributed by atoms with E-state index in [1.807, 2.05) is 6.07 Å². The molecule has 7 heteroatoms. The van der Waals surface area contributed by atoms with Gasteiger partial charge < -0.3 is 0 Å². The minimum Gasteiger partial charge on any atom is -0.266 e. The van der Waals surface area contributed by atoms with Crippen molar-refractivity contribution in [1.29, 1.82) is 0 Å². The van der Waals surface area contributed by atoms with Crippen molar-refractivity contribution in [3.05, 3.63) is 79.8 Å². The Morgan fingerprint density at radius 1 is 1.17 bits per heavy atom. The van der Waals surface area contributed by atoms with E-state index in [0.29, 0.717) is 25.9 Å². The molecule has 118 valence electrons. The maximum Gasteiger partial charge on any atom is 0.291 e. The Morgan fingerprint density at radius 3 is 2.75 bits per heavy atom. The van der Waals surface area contributed by atoms with Crippen molar-refractivity contribution in [3.8, 4) is 11.4 Å². The van der Waals surface area contributed by atoms with Gasteiger partial charge in [0.2, 0.25) is 4.96 Å². The summed E-state index contributed by atoms with van der Waals surface area (Å²) in [7, 11) is 0. The van der Waals surface area contributed by atoms with Crippen LogP contribution in [0.15, 0.2) is 53.3 Å². The van der Waals surface area contributed by atoms with Gasteiger partial charge in [0, 0.05) is 16.1 Å². The van der Waals surface area contributed by atoms with Gasteiger partial charge in [0.25, 0.3) is 5.56 Å². The van der Waals surface area contributed by atoms with Gasteiger partial charge in [-0.1, -0.05) is 53.3 Å². The van der Waals surface area contributed by atoms with Gasteiger partial charge in [-0.15, -0.1) is 5.10 Å².